The van der Waals surface area contributed by atoms with Crippen LogP contribution in [0.4, 0.5) is 0 Å². The lowest BCUT2D eigenvalue weighted by molar-refractivity contribution is -0.148. The standard InChI is InChI=1S/C14H16N2O2S2/c1-14(13(17)18)4-2-5-16(14)7-11-9-20-12(15-11)10-3-6-19-8-10/h3,6,8-9H,2,4-5,7H2,1H3,(H,17,18). The Bertz CT molecular complexity index is 608. The number of rotatable bonds is 4. The van der Waals surface area contributed by atoms with Crippen molar-refractivity contribution in [3.63, 3.8) is 0 Å². The summed E-state index contributed by atoms with van der Waals surface area (Å²) in [6.45, 7) is 3.26. The first-order chi connectivity index (χ1) is 9.59. The summed E-state index contributed by atoms with van der Waals surface area (Å²) >= 11 is 3.28. The van der Waals surface area contributed by atoms with Crippen LogP contribution in [-0.4, -0.2) is 33.0 Å². The summed E-state index contributed by atoms with van der Waals surface area (Å²) in [7, 11) is 0. The number of likely N-dealkylation sites (tertiary alicyclic amines) is 1. The van der Waals surface area contributed by atoms with Crippen molar-refractivity contribution < 1.29 is 9.90 Å². The zero-order chi connectivity index (χ0) is 14.2. The second kappa shape index (κ2) is 5.27. The molecule has 6 heteroatoms. The van der Waals surface area contributed by atoms with Gasteiger partial charge in [0.15, 0.2) is 0 Å². The van der Waals surface area contributed by atoms with Gasteiger partial charge >= 0.3 is 5.97 Å². The van der Waals surface area contributed by atoms with Crippen LogP contribution in [-0.2, 0) is 11.3 Å². The second-order valence-corrected chi connectivity index (χ2v) is 6.90. The molecule has 20 heavy (non-hydrogen) atoms. The largest absolute Gasteiger partial charge is 0.480 e. The Hall–Kier alpha value is -1.24. The third kappa shape index (κ3) is 2.39. The van der Waals surface area contributed by atoms with Crippen LogP contribution in [0, 0.1) is 0 Å². The van der Waals surface area contributed by atoms with Crippen LogP contribution in [0.25, 0.3) is 10.6 Å². The molecule has 106 valence electrons. The number of carboxylic acids is 1. The topological polar surface area (TPSA) is 53.4 Å². The number of carbonyl (C=O) groups is 1. The maximum Gasteiger partial charge on any atom is 0.323 e. The van der Waals surface area contributed by atoms with E-state index < -0.39 is 11.5 Å². The van der Waals surface area contributed by atoms with Crippen LogP contribution in [0.5, 0.6) is 0 Å². The Kier molecular flexibility index (Phi) is 3.62. The first-order valence-corrected chi connectivity index (χ1v) is 8.37. The van der Waals surface area contributed by atoms with E-state index in [-0.39, 0.29) is 0 Å². The molecule has 0 amide bonds. The van der Waals surface area contributed by atoms with Crippen LogP contribution >= 0.6 is 22.7 Å². The van der Waals surface area contributed by atoms with Gasteiger partial charge in [-0.2, -0.15) is 11.3 Å². The molecule has 1 unspecified atom stereocenters. The average molecular weight is 308 g/mol. The highest BCUT2D eigenvalue weighted by atomic mass is 32.1. The number of carboxylic acid groups (broad SMARTS) is 1. The van der Waals surface area contributed by atoms with Gasteiger partial charge in [0.25, 0.3) is 0 Å². The van der Waals surface area contributed by atoms with Gasteiger partial charge in [0.05, 0.1) is 5.69 Å². The molecule has 1 saturated heterocycles. The van der Waals surface area contributed by atoms with E-state index in [9.17, 15) is 9.90 Å². The molecule has 1 aliphatic heterocycles. The third-order valence-electron chi connectivity index (χ3n) is 3.92. The quantitative estimate of drug-likeness (QED) is 0.941. The van der Waals surface area contributed by atoms with Gasteiger partial charge in [-0.15, -0.1) is 11.3 Å². The molecular weight excluding hydrogens is 292 g/mol. The van der Waals surface area contributed by atoms with Crippen molar-refractivity contribution in [2.45, 2.75) is 31.8 Å². The number of thiazole rings is 1. The SMILES string of the molecule is CC1(C(=O)O)CCCN1Cc1csc(-c2ccsc2)n1. The van der Waals surface area contributed by atoms with E-state index in [0.717, 1.165) is 29.2 Å². The van der Waals surface area contributed by atoms with Gasteiger partial charge in [0.1, 0.15) is 10.5 Å². The average Bonchev–Trinajstić information content (AvgIpc) is 3.12. The number of hydrogen-bond donors (Lipinski definition) is 1. The molecule has 1 fully saturated rings. The van der Waals surface area contributed by atoms with E-state index in [1.54, 1.807) is 22.7 Å². The van der Waals surface area contributed by atoms with Crippen molar-refractivity contribution in [2.75, 3.05) is 6.54 Å². The van der Waals surface area contributed by atoms with Crippen molar-refractivity contribution in [3.05, 3.63) is 27.9 Å². The van der Waals surface area contributed by atoms with Crippen LogP contribution < -0.4 is 0 Å². The van der Waals surface area contributed by atoms with Crippen molar-refractivity contribution in [2.24, 2.45) is 0 Å². The minimum atomic E-state index is -0.744. The molecule has 1 atom stereocenters. The third-order valence-corrected chi connectivity index (χ3v) is 5.55. The molecule has 0 aliphatic carbocycles. The van der Waals surface area contributed by atoms with Crippen molar-refractivity contribution in [3.8, 4) is 10.6 Å². The molecule has 0 aromatic carbocycles. The van der Waals surface area contributed by atoms with E-state index >= 15 is 0 Å². The van der Waals surface area contributed by atoms with Crippen molar-refractivity contribution in [1.29, 1.82) is 0 Å². The summed E-state index contributed by atoms with van der Waals surface area (Å²) in [5.41, 5.74) is 1.37. The zero-order valence-electron chi connectivity index (χ0n) is 11.2. The Morgan fingerprint density at radius 2 is 2.40 bits per heavy atom. The molecule has 0 radical (unpaired) electrons. The Morgan fingerprint density at radius 3 is 3.10 bits per heavy atom. The van der Waals surface area contributed by atoms with Crippen LogP contribution in [0.1, 0.15) is 25.5 Å². The minimum absolute atomic E-state index is 0.615. The van der Waals surface area contributed by atoms with Crippen LogP contribution in [0.3, 0.4) is 0 Å². The highest BCUT2D eigenvalue weighted by molar-refractivity contribution is 7.14. The number of hydrogen-bond acceptors (Lipinski definition) is 5. The Labute approximate surface area is 125 Å². The number of aromatic nitrogens is 1. The molecular formula is C14H16N2O2S2. The molecule has 0 saturated carbocycles. The van der Waals surface area contributed by atoms with Crippen LogP contribution in [0.15, 0.2) is 22.2 Å². The summed E-state index contributed by atoms with van der Waals surface area (Å²) in [5, 5.41) is 16.6. The first kappa shape index (κ1) is 13.7. The van der Waals surface area contributed by atoms with Gasteiger partial charge in [-0.05, 0) is 37.8 Å². The van der Waals surface area contributed by atoms with Crippen molar-refractivity contribution in [1.82, 2.24) is 9.88 Å². The van der Waals surface area contributed by atoms with Crippen LogP contribution in [0.2, 0.25) is 0 Å². The Morgan fingerprint density at radius 1 is 1.55 bits per heavy atom. The number of aliphatic carboxylic acids is 1. The number of nitrogens with zero attached hydrogens (tertiary/aromatic N) is 2. The maximum absolute atomic E-state index is 11.5. The summed E-state index contributed by atoms with van der Waals surface area (Å²) in [5.74, 6) is -0.733. The molecule has 2 aromatic rings. The normalized spacial score (nSPS) is 23.2. The lowest BCUT2D eigenvalue weighted by Crippen LogP contribution is -2.47. The number of thiophene rings is 1. The highest BCUT2D eigenvalue weighted by Gasteiger charge is 2.43. The second-order valence-electron chi connectivity index (χ2n) is 5.26. The van der Waals surface area contributed by atoms with E-state index in [1.807, 2.05) is 22.6 Å². The fraction of sp³-hybridized carbons (Fsp3) is 0.429. The summed E-state index contributed by atoms with van der Waals surface area (Å²) < 4.78 is 0. The van der Waals surface area contributed by atoms with Gasteiger partial charge in [-0.1, -0.05) is 0 Å². The minimum Gasteiger partial charge on any atom is -0.480 e. The van der Waals surface area contributed by atoms with E-state index in [1.165, 1.54) is 0 Å². The molecule has 0 bridgehead atoms. The lowest BCUT2D eigenvalue weighted by Gasteiger charge is -2.30. The smallest absolute Gasteiger partial charge is 0.323 e. The fourth-order valence-electron chi connectivity index (χ4n) is 2.61. The molecule has 2 aromatic heterocycles. The highest BCUT2D eigenvalue weighted by Crippen LogP contribution is 2.32. The summed E-state index contributed by atoms with van der Waals surface area (Å²) in [6, 6.07) is 2.06. The summed E-state index contributed by atoms with van der Waals surface area (Å²) in [6.07, 6.45) is 1.65. The zero-order valence-corrected chi connectivity index (χ0v) is 12.8. The molecule has 4 nitrogen and oxygen atoms in total. The van der Waals surface area contributed by atoms with Gasteiger partial charge in [-0.3, -0.25) is 9.69 Å². The summed E-state index contributed by atoms with van der Waals surface area (Å²) in [4.78, 5) is 18.1. The monoisotopic (exact) mass is 308 g/mol. The van der Waals surface area contributed by atoms with E-state index in [2.05, 4.69) is 16.4 Å². The van der Waals surface area contributed by atoms with Gasteiger partial charge in [0.2, 0.25) is 0 Å². The van der Waals surface area contributed by atoms with E-state index in [4.69, 9.17) is 0 Å². The molecule has 1 aliphatic rings. The molecule has 0 spiro atoms. The molecule has 3 heterocycles. The lowest BCUT2D eigenvalue weighted by atomic mass is 9.99. The van der Waals surface area contributed by atoms with Crippen molar-refractivity contribution >= 4 is 28.6 Å². The van der Waals surface area contributed by atoms with Gasteiger partial charge < -0.3 is 5.11 Å². The molecule has 3 rings (SSSR count). The van der Waals surface area contributed by atoms with Gasteiger partial charge in [0, 0.05) is 22.9 Å². The predicted octanol–water partition coefficient (Wildman–Crippen LogP) is 3.31. The van der Waals surface area contributed by atoms with E-state index in [0.29, 0.717) is 13.0 Å². The predicted molar refractivity (Wildman–Crippen MR) is 81.1 cm³/mol. The van der Waals surface area contributed by atoms with Gasteiger partial charge in [-0.25, -0.2) is 4.98 Å². The Balaban J connectivity index is 1.77. The maximum atomic E-state index is 11.5. The fourth-order valence-corrected chi connectivity index (χ4v) is 4.13. The first-order valence-electron chi connectivity index (χ1n) is 6.55. The molecule has 1 N–H and O–H groups in total.